The van der Waals surface area contributed by atoms with Crippen LogP contribution < -0.4 is 4.90 Å². The average Bonchev–Trinajstić information content (AvgIpc) is 3.12. The van der Waals surface area contributed by atoms with Crippen molar-refractivity contribution in [2.75, 3.05) is 4.90 Å². The third kappa shape index (κ3) is 3.33. The lowest BCUT2D eigenvalue weighted by molar-refractivity contribution is 0.660. The molecule has 0 bridgehead atoms. The number of fused-ring (bicyclic) bond motifs is 3. The summed E-state index contributed by atoms with van der Waals surface area (Å²) in [4.78, 5) is 2.34. The predicted molar refractivity (Wildman–Crippen MR) is 143 cm³/mol. The molecule has 1 radical (unpaired) electrons. The van der Waals surface area contributed by atoms with Crippen LogP contribution in [-0.2, 0) is 5.41 Å². The summed E-state index contributed by atoms with van der Waals surface area (Å²) in [6.45, 7) is 4.66. The van der Waals surface area contributed by atoms with Gasteiger partial charge in [-0.2, -0.15) is 0 Å². The third-order valence-electron chi connectivity index (χ3n) is 7.02. The highest BCUT2D eigenvalue weighted by molar-refractivity contribution is 5.85. The molecule has 0 aliphatic heterocycles. The van der Waals surface area contributed by atoms with E-state index in [0.717, 1.165) is 11.4 Å². The number of rotatable bonds is 4. The van der Waals surface area contributed by atoms with Gasteiger partial charge in [0.1, 0.15) is 0 Å². The van der Waals surface area contributed by atoms with Gasteiger partial charge in [-0.25, -0.2) is 0 Å². The van der Waals surface area contributed by atoms with Crippen LogP contribution in [0.3, 0.4) is 0 Å². The molecule has 163 valence electrons. The molecule has 0 N–H and O–H groups in total. The van der Waals surface area contributed by atoms with Gasteiger partial charge in [-0.3, -0.25) is 0 Å². The first-order chi connectivity index (χ1) is 16.6. The molecule has 0 amide bonds. The number of anilines is 3. The standard InChI is InChI=1S/C33H26N/c1-33(2)31-16-10-9-15-29(31)30-22-21-28(23-32(30)33)34(26-13-7-4-8-14-26)27-19-17-25(18-20-27)24-11-5-3-6-12-24/h3,5-23H,1-2H3. The minimum Gasteiger partial charge on any atom is -0.310 e. The van der Waals surface area contributed by atoms with Crippen molar-refractivity contribution in [3.63, 3.8) is 0 Å². The second-order valence-corrected chi connectivity index (χ2v) is 9.41. The second kappa shape index (κ2) is 8.04. The zero-order valence-corrected chi connectivity index (χ0v) is 19.5. The largest absolute Gasteiger partial charge is 0.310 e. The first-order valence-corrected chi connectivity index (χ1v) is 11.8. The van der Waals surface area contributed by atoms with E-state index in [0.29, 0.717) is 0 Å². The van der Waals surface area contributed by atoms with Gasteiger partial charge in [-0.1, -0.05) is 98.8 Å². The Kier molecular flexibility index (Phi) is 4.85. The summed E-state index contributed by atoms with van der Waals surface area (Å²) >= 11 is 0. The van der Waals surface area contributed by atoms with Gasteiger partial charge in [0.05, 0.1) is 0 Å². The SMILES string of the molecule is CC1(C)c2ccccc2-c2ccc(N(c3cc[c]cc3)c3ccc(-c4ccccc4)cc3)cc21. The summed E-state index contributed by atoms with van der Waals surface area (Å²) in [5.41, 5.74) is 11.3. The van der Waals surface area contributed by atoms with Gasteiger partial charge in [0.2, 0.25) is 0 Å². The van der Waals surface area contributed by atoms with E-state index < -0.39 is 0 Å². The Morgan fingerprint density at radius 1 is 0.529 bits per heavy atom. The third-order valence-corrected chi connectivity index (χ3v) is 7.02. The molecule has 0 saturated carbocycles. The highest BCUT2D eigenvalue weighted by Crippen LogP contribution is 2.50. The zero-order valence-electron chi connectivity index (χ0n) is 19.5. The summed E-state index contributed by atoms with van der Waals surface area (Å²) in [7, 11) is 0. The fourth-order valence-corrected chi connectivity index (χ4v) is 5.24. The molecular formula is C33H26N. The summed E-state index contributed by atoms with van der Waals surface area (Å²) in [6, 6.07) is 46.4. The van der Waals surface area contributed by atoms with Crippen LogP contribution in [0.5, 0.6) is 0 Å². The summed E-state index contributed by atoms with van der Waals surface area (Å²) < 4.78 is 0. The monoisotopic (exact) mass is 436 g/mol. The molecule has 0 unspecified atom stereocenters. The van der Waals surface area contributed by atoms with Crippen molar-refractivity contribution in [3.8, 4) is 22.3 Å². The Hall–Kier alpha value is -4.10. The molecule has 1 nitrogen and oxygen atoms in total. The Balaban J connectivity index is 1.47. The van der Waals surface area contributed by atoms with Gasteiger partial charge in [0.25, 0.3) is 0 Å². The Morgan fingerprint density at radius 2 is 1.12 bits per heavy atom. The minimum absolute atomic E-state index is 0.0325. The molecule has 34 heavy (non-hydrogen) atoms. The molecule has 0 aromatic heterocycles. The van der Waals surface area contributed by atoms with E-state index >= 15 is 0 Å². The molecule has 1 aliphatic carbocycles. The lowest BCUT2D eigenvalue weighted by Crippen LogP contribution is -2.16. The Morgan fingerprint density at radius 3 is 1.88 bits per heavy atom. The second-order valence-electron chi connectivity index (χ2n) is 9.41. The van der Waals surface area contributed by atoms with Crippen molar-refractivity contribution in [2.45, 2.75) is 19.3 Å². The molecule has 6 rings (SSSR count). The molecule has 5 aromatic rings. The van der Waals surface area contributed by atoms with E-state index in [4.69, 9.17) is 0 Å². The topological polar surface area (TPSA) is 3.24 Å². The summed E-state index contributed by atoms with van der Waals surface area (Å²) in [5.74, 6) is 0. The maximum Gasteiger partial charge on any atom is 0.0465 e. The van der Waals surface area contributed by atoms with Gasteiger partial charge in [0.15, 0.2) is 0 Å². The molecule has 0 atom stereocenters. The lowest BCUT2D eigenvalue weighted by Gasteiger charge is -2.28. The van der Waals surface area contributed by atoms with Crippen LogP contribution >= 0.6 is 0 Å². The van der Waals surface area contributed by atoms with Crippen molar-refractivity contribution >= 4 is 17.1 Å². The van der Waals surface area contributed by atoms with Gasteiger partial charge in [-0.15, -0.1) is 0 Å². The lowest BCUT2D eigenvalue weighted by atomic mass is 9.82. The van der Waals surface area contributed by atoms with Crippen LogP contribution in [0.2, 0.25) is 0 Å². The van der Waals surface area contributed by atoms with Crippen LogP contribution in [0.25, 0.3) is 22.3 Å². The van der Waals surface area contributed by atoms with Crippen LogP contribution in [-0.4, -0.2) is 0 Å². The summed E-state index contributed by atoms with van der Waals surface area (Å²) in [6.07, 6.45) is 0. The fraction of sp³-hybridized carbons (Fsp3) is 0.0909. The van der Waals surface area contributed by atoms with Crippen LogP contribution in [0, 0.1) is 6.07 Å². The van der Waals surface area contributed by atoms with Crippen molar-refractivity contribution in [1.82, 2.24) is 0 Å². The predicted octanol–water partition coefficient (Wildman–Crippen LogP) is 8.93. The van der Waals surface area contributed by atoms with Crippen LogP contribution in [0.4, 0.5) is 17.1 Å². The molecule has 1 aliphatic rings. The maximum atomic E-state index is 3.16. The first-order valence-electron chi connectivity index (χ1n) is 11.8. The van der Waals surface area contributed by atoms with E-state index in [-0.39, 0.29) is 5.41 Å². The summed E-state index contributed by atoms with van der Waals surface area (Å²) in [5, 5.41) is 0. The molecule has 0 heterocycles. The van der Waals surface area contributed by atoms with E-state index in [1.54, 1.807) is 0 Å². The van der Waals surface area contributed by atoms with Gasteiger partial charge < -0.3 is 4.90 Å². The van der Waals surface area contributed by atoms with Gasteiger partial charge >= 0.3 is 0 Å². The number of nitrogens with zero attached hydrogens (tertiary/aromatic N) is 1. The van der Waals surface area contributed by atoms with E-state index in [1.807, 2.05) is 12.1 Å². The minimum atomic E-state index is -0.0325. The van der Waals surface area contributed by atoms with E-state index in [9.17, 15) is 0 Å². The van der Waals surface area contributed by atoms with Crippen molar-refractivity contribution in [2.24, 2.45) is 0 Å². The molecule has 0 saturated heterocycles. The van der Waals surface area contributed by atoms with Gasteiger partial charge in [0, 0.05) is 22.5 Å². The molecular weight excluding hydrogens is 410 g/mol. The maximum absolute atomic E-state index is 3.16. The first kappa shape index (κ1) is 20.5. The van der Waals surface area contributed by atoms with Gasteiger partial charge in [-0.05, 0) is 75.8 Å². The van der Waals surface area contributed by atoms with Crippen molar-refractivity contribution in [3.05, 3.63) is 139 Å². The molecule has 5 aromatic carbocycles. The van der Waals surface area contributed by atoms with Crippen molar-refractivity contribution in [1.29, 1.82) is 0 Å². The number of hydrogen-bond donors (Lipinski definition) is 0. The highest BCUT2D eigenvalue weighted by Gasteiger charge is 2.35. The van der Waals surface area contributed by atoms with E-state index in [1.165, 1.54) is 39.1 Å². The Bertz CT molecular complexity index is 1450. The molecule has 0 fully saturated rings. The number of hydrogen-bond acceptors (Lipinski definition) is 1. The highest BCUT2D eigenvalue weighted by atomic mass is 15.1. The average molecular weight is 437 g/mol. The normalized spacial score (nSPS) is 13.2. The van der Waals surface area contributed by atoms with Crippen molar-refractivity contribution < 1.29 is 0 Å². The Labute approximate surface area is 202 Å². The molecule has 1 heteroatoms. The fourth-order valence-electron chi connectivity index (χ4n) is 5.24. The van der Waals surface area contributed by atoms with Crippen LogP contribution in [0.1, 0.15) is 25.0 Å². The van der Waals surface area contributed by atoms with Crippen LogP contribution in [0.15, 0.2) is 121 Å². The quantitative estimate of drug-likeness (QED) is 0.272. The van der Waals surface area contributed by atoms with E-state index in [2.05, 4.69) is 134 Å². The number of benzene rings is 5. The molecule has 0 spiro atoms. The smallest absolute Gasteiger partial charge is 0.0465 e. The zero-order chi connectivity index (χ0) is 23.1.